The molecule has 0 aliphatic rings. The van der Waals surface area contributed by atoms with Crippen LogP contribution in [0.15, 0.2) is 66.1 Å². The van der Waals surface area contributed by atoms with Crippen molar-refractivity contribution < 1.29 is 4.79 Å². The number of thioether (sulfide) groups is 1. The summed E-state index contributed by atoms with van der Waals surface area (Å²) in [4.78, 5) is 17.1. The first kappa shape index (κ1) is 23.0. The van der Waals surface area contributed by atoms with Crippen LogP contribution in [0.3, 0.4) is 0 Å². The number of amides is 1. The van der Waals surface area contributed by atoms with E-state index in [1.54, 1.807) is 12.4 Å². The number of rotatable bonds is 6. The number of hydrogen-bond acceptors (Lipinski definition) is 5. The molecule has 168 valence electrons. The molecule has 1 amide bonds. The van der Waals surface area contributed by atoms with Crippen molar-refractivity contribution in [1.29, 1.82) is 0 Å². The SMILES string of the molecule is Cc1ccc(NC(=O)C(C)Sc2nnc(-c3ccncc3)n2-c2cccc(Cl)c2C)c(C)c1. The number of nitrogens with one attached hydrogen (secondary N) is 1. The minimum absolute atomic E-state index is 0.102. The molecule has 1 atom stereocenters. The second kappa shape index (κ2) is 9.77. The van der Waals surface area contributed by atoms with Crippen molar-refractivity contribution in [3.8, 4) is 17.1 Å². The number of anilines is 1. The number of nitrogens with zero attached hydrogens (tertiary/aromatic N) is 4. The quantitative estimate of drug-likeness (QED) is 0.343. The summed E-state index contributed by atoms with van der Waals surface area (Å²) in [5, 5.41) is 12.8. The van der Waals surface area contributed by atoms with Gasteiger partial charge in [-0.15, -0.1) is 10.2 Å². The summed E-state index contributed by atoms with van der Waals surface area (Å²) in [7, 11) is 0. The molecule has 4 aromatic rings. The standard InChI is InChI=1S/C25H24ClN5OS/c1-15-8-9-21(16(2)14-15)28-24(32)18(4)33-25-30-29-23(19-10-12-27-13-11-19)31(25)22-7-5-6-20(26)17(22)3/h5-14,18H,1-4H3,(H,28,32). The van der Waals surface area contributed by atoms with Gasteiger partial charge in [-0.1, -0.05) is 47.1 Å². The Labute approximate surface area is 202 Å². The van der Waals surface area contributed by atoms with Gasteiger partial charge in [-0.05, 0) is 69.2 Å². The first-order chi connectivity index (χ1) is 15.8. The fourth-order valence-corrected chi connectivity index (χ4v) is 4.52. The lowest BCUT2D eigenvalue weighted by molar-refractivity contribution is -0.115. The number of carbonyl (C=O) groups excluding carboxylic acids is 1. The van der Waals surface area contributed by atoms with Gasteiger partial charge in [-0.25, -0.2) is 0 Å². The van der Waals surface area contributed by atoms with E-state index < -0.39 is 5.25 Å². The highest BCUT2D eigenvalue weighted by molar-refractivity contribution is 8.00. The number of aryl methyl sites for hydroxylation is 2. The van der Waals surface area contributed by atoms with E-state index in [0.29, 0.717) is 16.0 Å². The lowest BCUT2D eigenvalue weighted by Crippen LogP contribution is -2.23. The highest BCUT2D eigenvalue weighted by Crippen LogP contribution is 2.33. The molecule has 0 bridgehead atoms. The van der Waals surface area contributed by atoms with Crippen LogP contribution in [0.2, 0.25) is 5.02 Å². The van der Waals surface area contributed by atoms with E-state index in [4.69, 9.17) is 11.6 Å². The van der Waals surface area contributed by atoms with Crippen molar-refractivity contribution in [2.24, 2.45) is 0 Å². The average molecular weight is 478 g/mol. The van der Waals surface area contributed by atoms with Gasteiger partial charge in [0.05, 0.1) is 10.9 Å². The maximum absolute atomic E-state index is 13.0. The van der Waals surface area contributed by atoms with Crippen LogP contribution in [0.25, 0.3) is 17.1 Å². The molecule has 0 aliphatic carbocycles. The fourth-order valence-electron chi connectivity index (χ4n) is 3.49. The summed E-state index contributed by atoms with van der Waals surface area (Å²) < 4.78 is 1.95. The second-order valence-corrected chi connectivity index (χ2v) is 9.54. The summed E-state index contributed by atoms with van der Waals surface area (Å²) in [5.41, 5.74) is 5.63. The Morgan fingerprint density at radius 3 is 2.55 bits per heavy atom. The van der Waals surface area contributed by atoms with Gasteiger partial charge in [0.25, 0.3) is 0 Å². The van der Waals surface area contributed by atoms with Gasteiger partial charge in [0.15, 0.2) is 11.0 Å². The summed E-state index contributed by atoms with van der Waals surface area (Å²) in [6.45, 7) is 7.83. The Morgan fingerprint density at radius 2 is 1.82 bits per heavy atom. The van der Waals surface area contributed by atoms with E-state index in [-0.39, 0.29) is 5.91 Å². The monoisotopic (exact) mass is 477 g/mol. The number of hydrogen-bond donors (Lipinski definition) is 1. The van der Waals surface area contributed by atoms with Crippen molar-refractivity contribution in [3.05, 3.63) is 82.6 Å². The zero-order chi connectivity index (χ0) is 23.5. The lowest BCUT2D eigenvalue weighted by atomic mass is 10.1. The van der Waals surface area contributed by atoms with Gasteiger partial charge < -0.3 is 5.32 Å². The molecule has 4 rings (SSSR count). The molecule has 8 heteroatoms. The molecule has 1 unspecified atom stereocenters. The van der Waals surface area contributed by atoms with E-state index in [9.17, 15) is 4.79 Å². The predicted molar refractivity (Wildman–Crippen MR) is 134 cm³/mol. The Morgan fingerprint density at radius 1 is 1.06 bits per heavy atom. The van der Waals surface area contributed by atoms with Crippen LogP contribution in [0.4, 0.5) is 5.69 Å². The van der Waals surface area contributed by atoms with Gasteiger partial charge in [-0.3, -0.25) is 14.3 Å². The Kier molecular flexibility index (Phi) is 6.81. The predicted octanol–water partition coefficient (Wildman–Crippen LogP) is 6.03. The minimum atomic E-state index is -0.404. The topological polar surface area (TPSA) is 72.7 Å². The minimum Gasteiger partial charge on any atom is -0.325 e. The maximum Gasteiger partial charge on any atom is 0.237 e. The molecule has 1 N–H and O–H groups in total. The number of aromatic nitrogens is 4. The summed E-state index contributed by atoms with van der Waals surface area (Å²) in [6, 6.07) is 15.4. The van der Waals surface area contributed by atoms with Crippen LogP contribution in [-0.2, 0) is 4.79 Å². The smallest absolute Gasteiger partial charge is 0.237 e. The maximum atomic E-state index is 13.0. The van der Waals surface area contributed by atoms with Crippen LogP contribution >= 0.6 is 23.4 Å². The molecule has 6 nitrogen and oxygen atoms in total. The van der Waals surface area contributed by atoms with Crippen molar-refractivity contribution in [1.82, 2.24) is 19.7 Å². The van der Waals surface area contributed by atoms with Gasteiger partial charge in [0.1, 0.15) is 0 Å². The molecule has 0 saturated carbocycles. The number of benzene rings is 2. The van der Waals surface area contributed by atoms with Crippen LogP contribution in [0.1, 0.15) is 23.6 Å². The van der Waals surface area contributed by atoms with Crippen molar-refractivity contribution in [3.63, 3.8) is 0 Å². The van der Waals surface area contributed by atoms with Gasteiger partial charge in [-0.2, -0.15) is 0 Å². The number of carbonyl (C=O) groups is 1. The average Bonchev–Trinajstić information content (AvgIpc) is 3.21. The third kappa shape index (κ3) is 4.94. The first-order valence-corrected chi connectivity index (χ1v) is 11.8. The second-order valence-electron chi connectivity index (χ2n) is 7.83. The van der Waals surface area contributed by atoms with Gasteiger partial charge in [0, 0.05) is 28.7 Å². The summed E-state index contributed by atoms with van der Waals surface area (Å²) in [6.07, 6.45) is 3.43. The van der Waals surface area contributed by atoms with Gasteiger partial charge in [0.2, 0.25) is 5.91 Å². The summed E-state index contributed by atoms with van der Waals surface area (Å²) >= 11 is 7.77. The van der Waals surface area contributed by atoms with Crippen molar-refractivity contribution in [2.45, 2.75) is 38.1 Å². The largest absolute Gasteiger partial charge is 0.325 e. The molecule has 0 saturated heterocycles. The molecule has 33 heavy (non-hydrogen) atoms. The van der Waals surface area contributed by atoms with Crippen LogP contribution in [-0.4, -0.2) is 30.9 Å². The molecule has 0 radical (unpaired) electrons. The first-order valence-electron chi connectivity index (χ1n) is 10.5. The van der Waals surface area contributed by atoms with E-state index >= 15 is 0 Å². The zero-order valence-electron chi connectivity index (χ0n) is 18.8. The van der Waals surface area contributed by atoms with Crippen molar-refractivity contribution >= 4 is 35.0 Å². The van der Waals surface area contributed by atoms with E-state index in [0.717, 1.165) is 33.6 Å². The third-order valence-corrected chi connectivity index (χ3v) is 6.80. The summed E-state index contributed by atoms with van der Waals surface area (Å²) in [5.74, 6) is 0.557. The zero-order valence-corrected chi connectivity index (χ0v) is 20.4. The van der Waals surface area contributed by atoms with Crippen LogP contribution < -0.4 is 5.32 Å². The third-order valence-electron chi connectivity index (χ3n) is 5.34. The van der Waals surface area contributed by atoms with Crippen LogP contribution in [0, 0.1) is 20.8 Å². The molecule has 0 aliphatic heterocycles. The molecular formula is C25H24ClN5OS. The Bertz CT molecular complexity index is 1310. The van der Waals surface area contributed by atoms with Crippen LogP contribution in [0.5, 0.6) is 0 Å². The molecule has 2 aromatic carbocycles. The highest BCUT2D eigenvalue weighted by Gasteiger charge is 2.23. The molecule has 0 fully saturated rings. The molecular weight excluding hydrogens is 454 g/mol. The van der Waals surface area contributed by atoms with Gasteiger partial charge >= 0.3 is 0 Å². The highest BCUT2D eigenvalue weighted by atomic mass is 35.5. The molecule has 0 spiro atoms. The fraction of sp³-hybridized carbons (Fsp3) is 0.200. The lowest BCUT2D eigenvalue weighted by Gasteiger charge is -2.16. The van der Waals surface area contributed by atoms with E-state index in [1.165, 1.54) is 11.8 Å². The van der Waals surface area contributed by atoms with E-state index in [2.05, 4.69) is 20.5 Å². The number of pyridine rings is 1. The van der Waals surface area contributed by atoms with Crippen molar-refractivity contribution in [2.75, 3.05) is 5.32 Å². The Hall–Kier alpha value is -3.16. The molecule has 2 aromatic heterocycles. The Balaban J connectivity index is 1.68. The molecule has 2 heterocycles. The normalized spacial score (nSPS) is 11.9. The van der Waals surface area contributed by atoms with E-state index in [1.807, 2.05) is 80.8 Å². The number of halogens is 1.